The lowest BCUT2D eigenvalue weighted by molar-refractivity contribution is -0.140. The molecule has 0 N–H and O–H groups in total. The van der Waals surface area contributed by atoms with Crippen molar-refractivity contribution in [2.24, 2.45) is 0 Å². The summed E-state index contributed by atoms with van der Waals surface area (Å²) >= 11 is 0. The van der Waals surface area contributed by atoms with Gasteiger partial charge in [0.05, 0.1) is 18.6 Å². The molecule has 7 heteroatoms. The number of benzene rings is 2. The van der Waals surface area contributed by atoms with Gasteiger partial charge in [0.1, 0.15) is 0 Å². The quantitative estimate of drug-likeness (QED) is 0.645. The number of alkyl halides is 3. The first-order chi connectivity index (χ1) is 12.9. The summed E-state index contributed by atoms with van der Waals surface area (Å²) in [7, 11) is 0. The Hall–Kier alpha value is -2.57. The van der Waals surface area contributed by atoms with Crippen LogP contribution in [0.3, 0.4) is 0 Å². The monoisotopic (exact) mass is 381 g/mol. The Morgan fingerprint density at radius 2 is 1.74 bits per heavy atom. The molecule has 1 saturated carbocycles. The van der Waals surface area contributed by atoms with Crippen LogP contribution in [-0.2, 0) is 17.5 Å². The second-order valence-electron chi connectivity index (χ2n) is 6.44. The molecular formula is C20H19F4NO2. The van der Waals surface area contributed by atoms with Crippen molar-refractivity contribution in [3.05, 3.63) is 65.5 Å². The lowest BCUT2D eigenvalue weighted by Gasteiger charge is -2.24. The molecule has 144 valence electrons. The van der Waals surface area contributed by atoms with Crippen molar-refractivity contribution in [3.8, 4) is 5.75 Å². The molecule has 1 fully saturated rings. The average molecular weight is 381 g/mol. The van der Waals surface area contributed by atoms with Gasteiger partial charge >= 0.3 is 6.18 Å². The Bertz CT molecular complexity index is 803. The summed E-state index contributed by atoms with van der Waals surface area (Å²) in [6.07, 6.45) is -2.95. The van der Waals surface area contributed by atoms with Crippen LogP contribution in [0.4, 0.5) is 17.6 Å². The highest BCUT2D eigenvalue weighted by Crippen LogP contribution is 2.35. The largest absolute Gasteiger partial charge is 0.490 e. The van der Waals surface area contributed by atoms with E-state index in [0.717, 1.165) is 18.9 Å². The van der Waals surface area contributed by atoms with Crippen molar-refractivity contribution in [1.29, 1.82) is 0 Å². The normalized spacial score (nSPS) is 14.1. The molecule has 0 heterocycles. The summed E-state index contributed by atoms with van der Waals surface area (Å²) < 4.78 is 58.4. The number of para-hydroxylation sites is 1. The first kappa shape index (κ1) is 19.2. The highest BCUT2D eigenvalue weighted by molar-refractivity contribution is 5.77. The van der Waals surface area contributed by atoms with E-state index in [1.54, 1.807) is 6.07 Å². The molecule has 0 atom stereocenters. The number of hydrogen-bond donors (Lipinski definition) is 0. The van der Waals surface area contributed by atoms with Crippen molar-refractivity contribution in [1.82, 2.24) is 4.90 Å². The minimum atomic E-state index is -4.47. The van der Waals surface area contributed by atoms with E-state index in [9.17, 15) is 22.4 Å². The van der Waals surface area contributed by atoms with E-state index >= 15 is 0 Å². The lowest BCUT2D eigenvalue weighted by Crippen LogP contribution is -2.34. The Kier molecular flexibility index (Phi) is 5.68. The van der Waals surface area contributed by atoms with E-state index in [0.29, 0.717) is 0 Å². The number of ether oxygens (including phenoxy) is 1. The third-order valence-electron chi connectivity index (χ3n) is 4.38. The average Bonchev–Trinajstić information content (AvgIpc) is 3.45. The van der Waals surface area contributed by atoms with Crippen LogP contribution in [0.5, 0.6) is 5.75 Å². The van der Waals surface area contributed by atoms with Crippen molar-refractivity contribution < 1.29 is 27.1 Å². The van der Waals surface area contributed by atoms with Gasteiger partial charge in [0.25, 0.3) is 0 Å². The Morgan fingerprint density at radius 3 is 2.41 bits per heavy atom. The maximum absolute atomic E-state index is 13.5. The molecule has 0 aliphatic heterocycles. The summed E-state index contributed by atoms with van der Waals surface area (Å²) in [5, 5.41) is 0. The molecule has 2 aromatic carbocycles. The number of hydrogen-bond acceptors (Lipinski definition) is 2. The van der Waals surface area contributed by atoms with Crippen LogP contribution < -0.4 is 4.74 Å². The molecule has 0 spiro atoms. The Balaban J connectivity index is 1.64. The number of carbonyl (C=O) groups is 1. The van der Waals surface area contributed by atoms with Crippen molar-refractivity contribution in [2.45, 2.75) is 38.0 Å². The molecule has 2 aromatic rings. The fourth-order valence-electron chi connectivity index (χ4n) is 2.88. The van der Waals surface area contributed by atoms with Crippen LogP contribution in [-0.4, -0.2) is 23.5 Å². The van der Waals surface area contributed by atoms with E-state index in [1.165, 1.54) is 41.3 Å². The molecule has 0 bridgehead atoms. The number of amides is 1. The van der Waals surface area contributed by atoms with Gasteiger partial charge in [0, 0.05) is 12.6 Å². The van der Waals surface area contributed by atoms with Gasteiger partial charge in [0.15, 0.2) is 11.6 Å². The van der Waals surface area contributed by atoms with Crippen LogP contribution >= 0.6 is 0 Å². The third-order valence-corrected chi connectivity index (χ3v) is 4.38. The second-order valence-corrected chi connectivity index (χ2v) is 6.44. The van der Waals surface area contributed by atoms with Crippen molar-refractivity contribution >= 4 is 5.91 Å². The molecular weight excluding hydrogens is 362 g/mol. The number of rotatable bonds is 7. The van der Waals surface area contributed by atoms with E-state index < -0.39 is 17.6 Å². The van der Waals surface area contributed by atoms with E-state index in [1.807, 2.05) is 0 Å². The minimum absolute atomic E-state index is 0.0288. The molecule has 0 aromatic heterocycles. The maximum atomic E-state index is 13.5. The van der Waals surface area contributed by atoms with Gasteiger partial charge in [-0.1, -0.05) is 30.3 Å². The summed E-state index contributed by atoms with van der Waals surface area (Å²) in [5.41, 5.74) is -0.661. The van der Waals surface area contributed by atoms with Crippen molar-refractivity contribution in [2.75, 3.05) is 6.61 Å². The predicted octanol–water partition coefficient (Wildman–Crippen LogP) is 4.80. The van der Waals surface area contributed by atoms with Gasteiger partial charge in [-0.15, -0.1) is 0 Å². The van der Waals surface area contributed by atoms with Crippen LogP contribution in [0.1, 0.15) is 30.4 Å². The highest BCUT2D eigenvalue weighted by atomic mass is 19.4. The highest BCUT2D eigenvalue weighted by Gasteiger charge is 2.36. The SMILES string of the molecule is O=C(CCOc1ccccc1F)N(Cc1ccccc1C(F)(F)F)C1CC1. The molecule has 27 heavy (non-hydrogen) atoms. The zero-order chi connectivity index (χ0) is 19.4. The standard InChI is InChI=1S/C20H19F4NO2/c21-17-7-3-4-8-18(17)27-12-11-19(26)25(15-9-10-15)13-14-5-1-2-6-16(14)20(22,23)24/h1-8,15H,9-13H2. The molecule has 1 aliphatic rings. The van der Waals surface area contributed by atoms with Gasteiger partial charge in [-0.3, -0.25) is 4.79 Å². The molecule has 0 saturated heterocycles. The topological polar surface area (TPSA) is 29.5 Å². The molecule has 3 nitrogen and oxygen atoms in total. The molecule has 0 unspecified atom stereocenters. The summed E-state index contributed by atoms with van der Waals surface area (Å²) in [4.78, 5) is 14.0. The van der Waals surface area contributed by atoms with Gasteiger partial charge < -0.3 is 9.64 Å². The van der Waals surface area contributed by atoms with Crippen molar-refractivity contribution in [3.63, 3.8) is 0 Å². The summed E-state index contributed by atoms with van der Waals surface area (Å²) in [6, 6.07) is 11.1. The second kappa shape index (κ2) is 7.98. The van der Waals surface area contributed by atoms with E-state index in [2.05, 4.69) is 0 Å². The molecule has 1 amide bonds. The van der Waals surface area contributed by atoms with Gasteiger partial charge in [-0.2, -0.15) is 13.2 Å². The lowest BCUT2D eigenvalue weighted by atomic mass is 10.1. The predicted molar refractivity (Wildman–Crippen MR) is 91.5 cm³/mol. The van der Waals surface area contributed by atoms with E-state index in [4.69, 9.17) is 4.74 Å². The van der Waals surface area contributed by atoms with Gasteiger partial charge in [0.2, 0.25) is 5.91 Å². The number of halogens is 4. The van der Waals surface area contributed by atoms with Crippen LogP contribution in [0, 0.1) is 5.82 Å². The third kappa shape index (κ3) is 4.99. The van der Waals surface area contributed by atoms with E-state index in [-0.39, 0.29) is 42.8 Å². The fourth-order valence-corrected chi connectivity index (χ4v) is 2.88. The van der Waals surface area contributed by atoms with Crippen LogP contribution in [0.25, 0.3) is 0 Å². The van der Waals surface area contributed by atoms with Crippen LogP contribution in [0.2, 0.25) is 0 Å². The number of nitrogens with zero attached hydrogens (tertiary/aromatic N) is 1. The Labute approximate surface area is 154 Å². The van der Waals surface area contributed by atoms with Crippen LogP contribution in [0.15, 0.2) is 48.5 Å². The first-order valence-corrected chi connectivity index (χ1v) is 8.68. The zero-order valence-corrected chi connectivity index (χ0v) is 14.5. The maximum Gasteiger partial charge on any atom is 0.416 e. The molecule has 1 aliphatic carbocycles. The molecule has 0 radical (unpaired) electrons. The zero-order valence-electron chi connectivity index (χ0n) is 14.5. The first-order valence-electron chi connectivity index (χ1n) is 8.68. The Morgan fingerprint density at radius 1 is 1.07 bits per heavy atom. The van der Waals surface area contributed by atoms with Gasteiger partial charge in [-0.25, -0.2) is 4.39 Å². The smallest absolute Gasteiger partial charge is 0.416 e. The summed E-state index contributed by atoms with van der Waals surface area (Å²) in [5.74, 6) is -0.778. The minimum Gasteiger partial charge on any atom is -0.490 e. The fraction of sp³-hybridized carbons (Fsp3) is 0.350. The summed E-state index contributed by atoms with van der Waals surface area (Å²) in [6.45, 7) is -0.136. The number of carbonyl (C=O) groups excluding carboxylic acids is 1. The molecule has 3 rings (SSSR count). The van der Waals surface area contributed by atoms with Gasteiger partial charge in [-0.05, 0) is 36.6 Å².